The highest BCUT2D eigenvalue weighted by Crippen LogP contribution is 2.38. The summed E-state index contributed by atoms with van der Waals surface area (Å²) >= 11 is 1.80. The first-order valence-electron chi connectivity index (χ1n) is 7.62. The first-order chi connectivity index (χ1) is 10.3. The van der Waals surface area contributed by atoms with Gasteiger partial charge in [-0.1, -0.05) is 43.8 Å². The van der Waals surface area contributed by atoms with E-state index < -0.39 is 0 Å². The van der Waals surface area contributed by atoms with Gasteiger partial charge in [-0.3, -0.25) is 0 Å². The lowest BCUT2D eigenvalue weighted by Gasteiger charge is -2.16. The lowest BCUT2D eigenvalue weighted by Crippen LogP contribution is -2.20. The first-order valence-corrected chi connectivity index (χ1v) is 8.50. The molecule has 2 aromatic rings. The normalized spacial score (nSPS) is 19.0. The minimum atomic E-state index is 0.401. The summed E-state index contributed by atoms with van der Waals surface area (Å²) in [5, 5.41) is 14.8. The lowest BCUT2D eigenvalue weighted by molar-refractivity contribution is 0.688. The van der Waals surface area contributed by atoms with Crippen molar-refractivity contribution < 1.29 is 0 Å². The molecule has 5 heteroatoms. The van der Waals surface area contributed by atoms with Gasteiger partial charge in [0.15, 0.2) is 5.82 Å². The Labute approximate surface area is 128 Å². The molecule has 0 radical (unpaired) electrons. The van der Waals surface area contributed by atoms with E-state index in [2.05, 4.69) is 42.2 Å². The number of aromatic nitrogens is 3. The van der Waals surface area contributed by atoms with Crippen LogP contribution in [-0.4, -0.2) is 25.8 Å². The molecule has 2 aliphatic rings. The van der Waals surface area contributed by atoms with Gasteiger partial charge in [0.2, 0.25) is 5.16 Å². The van der Waals surface area contributed by atoms with Gasteiger partial charge in [0.25, 0.3) is 0 Å². The smallest absolute Gasteiger partial charge is 0.191 e. The second-order valence-electron chi connectivity index (χ2n) is 5.60. The Morgan fingerprint density at radius 2 is 2.19 bits per heavy atom. The van der Waals surface area contributed by atoms with E-state index in [1.54, 1.807) is 11.8 Å². The second kappa shape index (κ2) is 4.98. The molecule has 0 saturated heterocycles. The van der Waals surface area contributed by atoms with Crippen molar-refractivity contribution in [3.05, 3.63) is 40.7 Å². The third-order valence-corrected chi connectivity index (χ3v) is 5.31. The summed E-state index contributed by atoms with van der Waals surface area (Å²) in [5.74, 6) is 0.976. The molecule has 0 N–H and O–H groups in total. The Bertz CT molecular complexity index is 732. The van der Waals surface area contributed by atoms with Gasteiger partial charge in [-0.15, -0.1) is 10.2 Å². The van der Waals surface area contributed by atoms with Crippen LogP contribution in [0.25, 0.3) is 0 Å². The van der Waals surface area contributed by atoms with Crippen molar-refractivity contribution in [1.29, 1.82) is 0 Å². The molecule has 1 unspecified atom stereocenters. The minimum absolute atomic E-state index is 0.401. The van der Waals surface area contributed by atoms with Crippen molar-refractivity contribution in [2.45, 2.75) is 49.9 Å². The molecule has 1 aliphatic carbocycles. The zero-order valence-corrected chi connectivity index (χ0v) is 13.2. The fourth-order valence-corrected chi connectivity index (χ4v) is 4.19. The average Bonchev–Trinajstić information content (AvgIpc) is 3.05. The predicted octanol–water partition coefficient (Wildman–Crippen LogP) is 3.08. The second-order valence-corrected chi connectivity index (χ2v) is 6.77. The summed E-state index contributed by atoms with van der Waals surface area (Å²) in [4.78, 5) is 0. The van der Waals surface area contributed by atoms with E-state index in [-0.39, 0.29) is 0 Å². The molecule has 0 bridgehead atoms. The van der Waals surface area contributed by atoms with Crippen LogP contribution in [-0.2, 0) is 19.3 Å². The van der Waals surface area contributed by atoms with Gasteiger partial charge < -0.3 is 0 Å². The zero-order valence-electron chi connectivity index (χ0n) is 12.3. The first kappa shape index (κ1) is 13.1. The highest BCUT2D eigenvalue weighted by Gasteiger charge is 2.34. The van der Waals surface area contributed by atoms with Crippen molar-refractivity contribution >= 4 is 17.5 Å². The summed E-state index contributed by atoms with van der Waals surface area (Å²) in [6.07, 6.45) is 4.14. The van der Waals surface area contributed by atoms with Crippen molar-refractivity contribution in [1.82, 2.24) is 14.9 Å². The number of benzene rings is 1. The number of hydrogen-bond acceptors (Lipinski definition) is 4. The van der Waals surface area contributed by atoms with Gasteiger partial charge in [0.05, 0.1) is 11.0 Å². The molecule has 4 nitrogen and oxygen atoms in total. The van der Waals surface area contributed by atoms with Crippen LogP contribution in [0.1, 0.15) is 42.8 Å². The molecule has 4 rings (SSSR count). The standard InChI is InChI=1S/C16H18N4S/c1-3-5-14-17-18-16-20(14)19-15-12-7-6-10(4-2)8-11(12)9-13(15)21-16/h6-8,13H,3-5,9H2,1-2H3. The molecule has 1 aliphatic heterocycles. The molecule has 0 fully saturated rings. The summed E-state index contributed by atoms with van der Waals surface area (Å²) in [6, 6.07) is 6.80. The van der Waals surface area contributed by atoms with Gasteiger partial charge in [-0.25, -0.2) is 0 Å². The van der Waals surface area contributed by atoms with Crippen molar-refractivity contribution in [3.8, 4) is 0 Å². The van der Waals surface area contributed by atoms with Gasteiger partial charge >= 0.3 is 0 Å². The quantitative estimate of drug-likeness (QED) is 0.874. The van der Waals surface area contributed by atoms with Crippen LogP contribution < -0.4 is 0 Å². The molecular formula is C16H18N4S. The van der Waals surface area contributed by atoms with E-state index in [4.69, 9.17) is 5.10 Å². The molecule has 2 heterocycles. The molecule has 21 heavy (non-hydrogen) atoms. The predicted molar refractivity (Wildman–Crippen MR) is 85.1 cm³/mol. The van der Waals surface area contributed by atoms with Crippen molar-refractivity contribution in [3.63, 3.8) is 0 Å². The third kappa shape index (κ3) is 2.02. The van der Waals surface area contributed by atoms with E-state index >= 15 is 0 Å². The van der Waals surface area contributed by atoms with Crippen LogP contribution in [0.2, 0.25) is 0 Å². The number of aryl methyl sites for hydroxylation is 2. The number of thioether (sulfide) groups is 1. The average molecular weight is 298 g/mol. The fraction of sp³-hybridized carbons (Fsp3) is 0.438. The molecule has 1 atom stereocenters. The summed E-state index contributed by atoms with van der Waals surface area (Å²) < 4.78 is 1.95. The monoisotopic (exact) mass is 298 g/mol. The van der Waals surface area contributed by atoms with E-state index in [1.165, 1.54) is 22.4 Å². The van der Waals surface area contributed by atoms with E-state index in [9.17, 15) is 0 Å². The van der Waals surface area contributed by atoms with Gasteiger partial charge in [0.1, 0.15) is 0 Å². The van der Waals surface area contributed by atoms with Crippen LogP contribution >= 0.6 is 11.8 Å². The van der Waals surface area contributed by atoms with Gasteiger partial charge in [-0.05, 0) is 30.4 Å². The highest BCUT2D eigenvalue weighted by molar-refractivity contribution is 8.00. The number of hydrogen-bond donors (Lipinski definition) is 0. The fourth-order valence-electron chi connectivity index (χ4n) is 3.06. The molecule has 0 saturated carbocycles. The minimum Gasteiger partial charge on any atom is -0.191 e. The highest BCUT2D eigenvalue weighted by atomic mass is 32.2. The van der Waals surface area contributed by atoms with Crippen LogP contribution in [0.15, 0.2) is 28.5 Å². The number of rotatable bonds is 3. The topological polar surface area (TPSA) is 43.1 Å². The Kier molecular flexibility index (Phi) is 3.10. The molecule has 1 aromatic heterocycles. The number of fused-ring (bicyclic) bond motifs is 4. The molecule has 108 valence electrons. The van der Waals surface area contributed by atoms with Gasteiger partial charge in [0, 0.05) is 12.0 Å². The van der Waals surface area contributed by atoms with E-state index in [0.29, 0.717) is 5.25 Å². The number of nitrogens with zero attached hydrogens (tertiary/aromatic N) is 4. The Morgan fingerprint density at radius 1 is 1.29 bits per heavy atom. The molecule has 0 amide bonds. The van der Waals surface area contributed by atoms with Crippen LogP contribution in [0.5, 0.6) is 0 Å². The van der Waals surface area contributed by atoms with Crippen LogP contribution in [0.3, 0.4) is 0 Å². The SMILES string of the molecule is CCCc1nnc2n1N=C1c3ccc(CC)cc3CC1S2. The maximum atomic E-state index is 4.87. The van der Waals surface area contributed by atoms with Crippen molar-refractivity contribution in [2.75, 3.05) is 0 Å². The zero-order chi connectivity index (χ0) is 14.4. The van der Waals surface area contributed by atoms with E-state index in [0.717, 1.165) is 36.7 Å². The largest absolute Gasteiger partial charge is 0.212 e. The van der Waals surface area contributed by atoms with Gasteiger partial charge in [-0.2, -0.15) is 9.78 Å². The molecular weight excluding hydrogens is 280 g/mol. The van der Waals surface area contributed by atoms with Crippen LogP contribution in [0.4, 0.5) is 0 Å². The maximum absolute atomic E-state index is 4.87. The third-order valence-electron chi connectivity index (χ3n) is 4.17. The summed E-state index contributed by atoms with van der Waals surface area (Å²) in [7, 11) is 0. The molecule has 0 spiro atoms. The van der Waals surface area contributed by atoms with Crippen LogP contribution in [0, 0.1) is 0 Å². The lowest BCUT2D eigenvalue weighted by atomic mass is 10.0. The Balaban J connectivity index is 1.79. The Hall–Kier alpha value is -1.62. The summed E-state index contributed by atoms with van der Waals surface area (Å²) in [6.45, 7) is 4.36. The van der Waals surface area contributed by atoms with E-state index in [1.807, 2.05) is 4.68 Å². The Morgan fingerprint density at radius 3 is 3.00 bits per heavy atom. The maximum Gasteiger partial charge on any atom is 0.212 e. The van der Waals surface area contributed by atoms with Crippen molar-refractivity contribution in [2.24, 2.45) is 5.10 Å². The molecule has 1 aromatic carbocycles. The summed E-state index contributed by atoms with van der Waals surface area (Å²) in [5.41, 5.74) is 5.35.